The molecule has 1 heterocycles. The molecule has 1 aliphatic rings. The fraction of sp³-hybridized carbons (Fsp3) is 0.333. The molecular weight excluding hydrogens is 326 g/mol. The van der Waals surface area contributed by atoms with Gasteiger partial charge in [0.1, 0.15) is 5.69 Å². The summed E-state index contributed by atoms with van der Waals surface area (Å²) in [5, 5.41) is 11.3. The first kappa shape index (κ1) is 16.6. The van der Waals surface area contributed by atoms with E-state index in [-0.39, 0.29) is 23.5 Å². The third-order valence-corrected chi connectivity index (χ3v) is 4.24. The van der Waals surface area contributed by atoms with Gasteiger partial charge in [-0.1, -0.05) is 37.6 Å². The van der Waals surface area contributed by atoms with Gasteiger partial charge in [0.25, 0.3) is 0 Å². The normalized spacial score (nSPS) is 15.7. The van der Waals surface area contributed by atoms with Gasteiger partial charge in [0, 0.05) is 11.4 Å². The second-order valence-electron chi connectivity index (χ2n) is 6.90. The molecule has 0 saturated heterocycles. The zero-order valence-electron chi connectivity index (χ0n) is 13.6. The van der Waals surface area contributed by atoms with Gasteiger partial charge >= 0.3 is 0 Å². The van der Waals surface area contributed by atoms with Crippen molar-refractivity contribution in [3.05, 3.63) is 52.2 Å². The van der Waals surface area contributed by atoms with Crippen LogP contribution in [0.5, 0.6) is 0 Å². The first-order chi connectivity index (χ1) is 11.3. The third kappa shape index (κ3) is 3.79. The van der Waals surface area contributed by atoms with Gasteiger partial charge < -0.3 is 5.32 Å². The molecule has 0 fully saturated rings. The van der Waals surface area contributed by atoms with Gasteiger partial charge in [0.05, 0.1) is 6.42 Å². The molecule has 0 atom stereocenters. The number of nitrogens with one attached hydrogen (secondary N) is 1. The van der Waals surface area contributed by atoms with Gasteiger partial charge in [-0.3, -0.25) is 9.59 Å². The van der Waals surface area contributed by atoms with E-state index in [1.54, 1.807) is 18.2 Å². The molecule has 1 aromatic heterocycles. The van der Waals surface area contributed by atoms with Crippen molar-refractivity contribution in [2.75, 3.05) is 5.32 Å². The van der Waals surface area contributed by atoms with Crippen LogP contribution >= 0.6 is 11.6 Å². The van der Waals surface area contributed by atoms with Crippen molar-refractivity contribution in [2.45, 2.75) is 33.1 Å². The molecule has 0 radical (unpaired) electrons. The summed E-state index contributed by atoms with van der Waals surface area (Å²) in [5.74, 6) is 0.193. The maximum atomic E-state index is 12.1. The van der Waals surface area contributed by atoms with Gasteiger partial charge in [-0.2, -0.15) is 0 Å². The third-order valence-electron chi connectivity index (χ3n) is 3.99. The minimum absolute atomic E-state index is 0.00721. The van der Waals surface area contributed by atoms with Crippen molar-refractivity contribution in [3.63, 3.8) is 0 Å². The quantitative estimate of drug-likeness (QED) is 0.926. The lowest BCUT2D eigenvalue weighted by atomic mass is 9.75. The molecule has 0 aliphatic heterocycles. The Morgan fingerprint density at radius 1 is 1.21 bits per heavy atom. The molecule has 1 amide bonds. The summed E-state index contributed by atoms with van der Waals surface area (Å²) >= 11 is 5.83. The maximum absolute atomic E-state index is 12.1. The number of halogens is 1. The van der Waals surface area contributed by atoms with Crippen LogP contribution in [0.15, 0.2) is 30.3 Å². The van der Waals surface area contributed by atoms with E-state index >= 15 is 0 Å². The predicted molar refractivity (Wildman–Crippen MR) is 92.3 cm³/mol. The van der Waals surface area contributed by atoms with Crippen LogP contribution in [-0.4, -0.2) is 21.9 Å². The number of hydrogen-bond acceptors (Lipinski definition) is 4. The molecule has 0 unspecified atom stereocenters. The molecule has 1 N–H and O–H groups in total. The Morgan fingerprint density at radius 2 is 1.92 bits per heavy atom. The van der Waals surface area contributed by atoms with Crippen LogP contribution in [0.2, 0.25) is 5.02 Å². The number of ketones is 1. The number of hydrogen-bond donors (Lipinski definition) is 1. The van der Waals surface area contributed by atoms with E-state index in [0.717, 1.165) is 17.5 Å². The Hall–Kier alpha value is -2.27. The Balaban J connectivity index is 1.73. The Bertz CT molecular complexity index is 800. The van der Waals surface area contributed by atoms with Crippen LogP contribution in [0.4, 0.5) is 5.82 Å². The lowest BCUT2D eigenvalue weighted by Crippen LogP contribution is -2.28. The zero-order chi connectivity index (χ0) is 17.3. The van der Waals surface area contributed by atoms with Crippen molar-refractivity contribution >= 4 is 29.1 Å². The average Bonchev–Trinajstić information content (AvgIpc) is 2.48. The van der Waals surface area contributed by atoms with E-state index in [0.29, 0.717) is 23.0 Å². The number of benzene rings is 1. The van der Waals surface area contributed by atoms with Crippen molar-refractivity contribution < 1.29 is 9.59 Å². The van der Waals surface area contributed by atoms with Gasteiger partial charge in [-0.15, -0.1) is 10.2 Å². The lowest BCUT2D eigenvalue weighted by Gasteiger charge is -2.29. The summed E-state index contributed by atoms with van der Waals surface area (Å²) in [5.41, 5.74) is 2.02. The molecule has 2 aromatic rings. The molecule has 0 saturated carbocycles. The number of carbonyl (C=O) groups is 2. The summed E-state index contributed by atoms with van der Waals surface area (Å²) in [6, 6.07) is 8.86. The summed E-state index contributed by atoms with van der Waals surface area (Å²) in [6.07, 6.45) is 1.43. The first-order valence-corrected chi connectivity index (χ1v) is 8.14. The van der Waals surface area contributed by atoms with Gasteiger partial charge in [0.15, 0.2) is 11.6 Å². The first-order valence-electron chi connectivity index (χ1n) is 7.76. The molecule has 0 bridgehead atoms. The number of Topliss-reactive ketones (excluding diaryl/α,β-unsaturated/α-hetero) is 1. The van der Waals surface area contributed by atoms with Gasteiger partial charge in [-0.05, 0) is 41.2 Å². The van der Waals surface area contributed by atoms with Gasteiger partial charge in [0.2, 0.25) is 5.91 Å². The number of rotatable bonds is 3. The fourth-order valence-corrected chi connectivity index (χ4v) is 3.06. The highest BCUT2D eigenvalue weighted by atomic mass is 35.5. The molecule has 24 heavy (non-hydrogen) atoms. The number of fused-ring (bicyclic) bond motifs is 1. The second-order valence-corrected chi connectivity index (χ2v) is 7.33. The van der Waals surface area contributed by atoms with E-state index < -0.39 is 0 Å². The molecule has 3 rings (SSSR count). The highest BCUT2D eigenvalue weighted by molar-refractivity contribution is 6.30. The minimum atomic E-state index is -0.187. The number of nitrogens with zero attached hydrogens (tertiary/aromatic N) is 2. The molecule has 5 nitrogen and oxygen atoms in total. The molecule has 1 aliphatic carbocycles. The summed E-state index contributed by atoms with van der Waals surface area (Å²) in [7, 11) is 0. The maximum Gasteiger partial charge on any atom is 0.229 e. The smallest absolute Gasteiger partial charge is 0.229 e. The minimum Gasteiger partial charge on any atom is -0.309 e. The zero-order valence-corrected chi connectivity index (χ0v) is 14.4. The van der Waals surface area contributed by atoms with Gasteiger partial charge in [-0.25, -0.2) is 0 Å². The van der Waals surface area contributed by atoms with Crippen molar-refractivity contribution in [2.24, 2.45) is 5.41 Å². The fourth-order valence-electron chi connectivity index (χ4n) is 2.93. The highest BCUT2D eigenvalue weighted by Gasteiger charge is 2.32. The summed E-state index contributed by atoms with van der Waals surface area (Å²) in [6.45, 7) is 4.10. The number of amides is 1. The average molecular weight is 344 g/mol. The Kier molecular flexibility index (Phi) is 4.37. The Morgan fingerprint density at radius 3 is 2.62 bits per heavy atom. The topological polar surface area (TPSA) is 72.0 Å². The summed E-state index contributed by atoms with van der Waals surface area (Å²) < 4.78 is 0. The number of anilines is 1. The van der Waals surface area contributed by atoms with Crippen LogP contribution in [0.25, 0.3) is 0 Å². The molecule has 124 valence electrons. The van der Waals surface area contributed by atoms with Crippen LogP contribution < -0.4 is 5.32 Å². The number of carbonyl (C=O) groups excluding carboxylic acids is 2. The molecule has 0 spiro atoms. The second kappa shape index (κ2) is 6.32. The molecular formula is C18H18ClN3O2. The van der Waals surface area contributed by atoms with Crippen LogP contribution in [0.1, 0.15) is 41.9 Å². The Labute approximate surface area is 145 Å². The van der Waals surface area contributed by atoms with Crippen molar-refractivity contribution in [3.8, 4) is 0 Å². The summed E-state index contributed by atoms with van der Waals surface area (Å²) in [4.78, 5) is 24.3. The SMILES string of the molecule is CC1(C)CC(=O)c2nnc(NC(=O)Cc3ccc(Cl)cc3)cc2C1. The van der Waals surface area contributed by atoms with E-state index in [2.05, 4.69) is 15.5 Å². The van der Waals surface area contributed by atoms with E-state index in [9.17, 15) is 9.59 Å². The van der Waals surface area contributed by atoms with E-state index in [1.165, 1.54) is 0 Å². The van der Waals surface area contributed by atoms with E-state index in [1.807, 2.05) is 26.0 Å². The van der Waals surface area contributed by atoms with Crippen molar-refractivity contribution in [1.29, 1.82) is 0 Å². The standard InChI is InChI=1S/C18H18ClN3O2/c1-18(2)9-12-8-15(21-22-17(12)14(23)10-18)20-16(24)7-11-3-5-13(19)6-4-11/h3-6,8H,7,9-10H2,1-2H3,(H,20,21,24). The molecule has 6 heteroatoms. The van der Waals surface area contributed by atoms with Crippen LogP contribution in [0.3, 0.4) is 0 Å². The lowest BCUT2D eigenvalue weighted by molar-refractivity contribution is -0.115. The van der Waals surface area contributed by atoms with Crippen LogP contribution in [0, 0.1) is 5.41 Å². The number of aromatic nitrogens is 2. The largest absolute Gasteiger partial charge is 0.309 e. The predicted octanol–water partition coefficient (Wildman–Crippen LogP) is 3.47. The van der Waals surface area contributed by atoms with E-state index in [4.69, 9.17) is 11.6 Å². The molecule has 1 aromatic carbocycles. The van der Waals surface area contributed by atoms with Crippen molar-refractivity contribution in [1.82, 2.24) is 10.2 Å². The highest BCUT2D eigenvalue weighted by Crippen LogP contribution is 2.34. The van der Waals surface area contributed by atoms with Crippen LogP contribution in [-0.2, 0) is 17.6 Å². The monoisotopic (exact) mass is 343 g/mol.